The minimum atomic E-state index is -4.55. The molecule has 2 aromatic rings. The second-order valence-electron chi connectivity index (χ2n) is 7.07. The number of carbonyl (C=O) groups excluding carboxylic acids is 2. The number of alkyl halides is 3. The number of amides is 3. The molecule has 0 aliphatic carbocycles. The van der Waals surface area contributed by atoms with E-state index < -0.39 is 33.7 Å². The van der Waals surface area contributed by atoms with Crippen LogP contribution in [0.3, 0.4) is 0 Å². The van der Waals surface area contributed by atoms with E-state index in [-0.39, 0.29) is 37.6 Å². The molecule has 0 saturated carbocycles. The number of carbonyl (C=O) groups is 2. The topological polar surface area (TPSA) is 98.8 Å². The zero-order valence-electron chi connectivity index (χ0n) is 16.8. The SMILES string of the molecule is O=C(CN1CCN(S(=O)(=O)c2ccc(C(F)(F)F)cc2)CC1)NC(=O)Nc1ccccc1. The lowest BCUT2D eigenvalue weighted by Gasteiger charge is -2.33. The van der Waals surface area contributed by atoms with E-state index in [0.29, 0.717) is 5.69 Å². The van der Waals surface area contributed by atoms with Crippen molar-refractivity contribution in [3.05, 3.63) is 60.2 Å². The highest BCUT2D eigenvalue weighted by Crippen LogP contribution is 2.30. The van der Waals surface area contributed by atoms with Gasteiger partial charge in [0.1, 0.15) is 0 Å². The van der Waals surface area contributed by atoms with Gasteiger partial charge < -0.3 is 5.32 Å². The van der Waals surface area contributed by atoms with Gasteiger partial charge in [0.25, 0.3) is 0 Å². The number of hydrogen-bond donors (Lipinski definition) is 2. The number of imide groups is 1. The van der Waals surface area contributed by atoms with Gasteiger partial charge in [-0.1, -0.05) is 18.2 Å². The van der Waals surface area contributed by atoms with Crippen LogP contribution in [0.1, 0.15) is 5.56 Å². The molecule has 2 N–H and O–H groups in total. The summed E-state index contributed by atoms with van der Waals surface area (Å²) < 4.78 is 64.6. The highest BCUT2D eigenvalue weighted by atomic mass is 32.2. The fourth-order valence-corrected chi connectivity index (χ4v) is 4.57. The Kier molecular flexibility index (Phi) is 7.16. The number of sulfonamides is 1. The Hall–Kier alpha value is -2.96. The molecule has 2 aromatic carbocycles. The van der Waals surface area contributed by atoms with Gasteiger partial charge in [0.15, 0.2) is 0 Å². The Labute approximate surface area is 183 Å². The minimum absolute atomic E-state index is 0.0623. The summed E-state index contributed by atoms with van der Waals surface area (Å²) in [6.07, 6.45) is -4.55. The lowest BCUT2D eigenvalue weighted by atomic mass is 10.2. The summed E-state index contributed by atoms with van der Waals surface area (Å²) in [7, 11) is -3.96. The molecule has 0 unspecified atom stereocenters. The van der Waals surface area contributed by atoms with Crippen LogP contribution in [-0.2, 0) is 21.0 Å². The van der Waals surface area contributed by atoms with Crippen LogP contribution >= 0.6 is 0 Å². The molecule has 0 aromatic heterocycles. The third-order valence-electron chi connectivity index (χ3n) is 4.80. The first-order valence-corrected chi connectivity index (χ1v) is 11.1. The van der Waals surface area contributed by atoms with E-state index in [9.17, 15) is 31.2 Å². The molecule has 32 heavy (non-hydrogen) atoms. The molecule has 1 heterocycles. The van der Waals surface area contributed by atoms with E-state index in [1.54, 1.807) is 35.2 Å². The predicted molar refractivity (Wildman–Crippen MR) is 110 cm³/mol. The Balaban J connectivity index is 1.49. The van der Waals surface area contributed by atoms with E-state index in [0.717, 1.165) is 28.6 Å². The van der Waals surface area contributed by atoms with Gasteiger partial charge in [-0.15, -0.1) is 0 Å². The quantitative estimate of drug-likeness (QED) is 0.699. The lowest BCUT2D eigenvalue weighted by Crippen LogP contribution is -2.51. The Bertz CT molecular complexity index is 1050. The molecule has 8 nitrogen and oxygen atoms in total. The molecular weight excluding hydrogens is 449 g/mol. The summed E-state index contributed by atoms with van der Waals surface area (Å²) >= 11 is 0. The van der Waals surface area contributed by atoms with Crippen LogP contribution in [-0.4, -0.2) is 62.3 Å². The van der Waals surface area contributed by atoms with Crippen molar-refractivity contribution in [3.8, 4) is 0 Å². The monoisotopic (exact) mass is 470 g/mol. The van der Waals surface area contributed by atoms with Gasteiger partial charge >= 0.3 is 12.2 Å². The third-order valence-corrected chi connectivity index (χ3v) is 6.72. The highest BCUT2D eigenvalue weighted by molar-refractivity contribution is 7.89. The Morgan fingerprint density at radius 1 is 0.906 bits per heavy atom. The van der Waals surface area contributed by atoms with Crippen molar-refractivity contribution >= 4 is 27.6 Å². The molecule has 172 valence electrons. The highest BCUT2D eigenvalue weighted by Gasteiger charge is 2.32. The van der Waals surface area contributed by atoms with Crippen LogP contribution in [0.5, 0.6) is 0 Å². The van der Waals surface area contributed by atoms with Crippen molar-refractivity contribution in [2.75, 3.05) is 38.0 Å². The first kappa shape index (κ1) is 23.7. The Morgan fingerprint density at radius 3 is 2.06 bits per heavy atom. The average molecular weight is 470 g/mol. The van der Waals surface area contributed by atoms with Crippen molar-refractivity contribution in [1.29, 1.82) is 0 Å². The predicted octanol–water partition coefficient (Wildman–Crippen LogP) is 2.36. The summed E-state index contributed by atoms with van der Waals surface area (Å²) in [5.74, 6) is -0.544. The standard InChI is InChI=1S/C20H21F3N4O4S/c21-20(22,23)15-6-8-17(9-7-15)32(30,31)27-12-10-26(11-13-27)14-18(28)25-19(29)24-16-4-2-1-3-5-16/h1-9H,10-14H2,(H2,24,25,28,29). The molecule has 1 aliphatic heterocycles. The lowest BCUT2D eigenvalue weighted by molar-refractivity contribution is -0.137. The maximum absolute atomic E-state index is 12.7. The molecule has 1 fully saturated rings. The number of halogens is 3. The molecule has 1 aliphatic rings. The third kappa shape index (κ3) is 6.05. The number of piperazine rings is 1. The van der Waals surface area contributed by atoms with Gasteiger partial charge in [-0.2, -0.15) is 17.5 Å². The number of nitrogens with zero attached hydrogens (tertiary/aromatic N) is 2. The van der Waals surface area contributed by atoms with Crippen molar-refractivity contribution < 1.29 is 31.2 Å². The molecule has 0 spiro atoms. The van der Waals surface area contributed by atoms with Gasteiger partial charge in [-0.05, 0) is 36.4 Å². The number of para-hydroxylation sites is 1. The maximum atomic E-state index is 12.7. The van der Waals surface area contributed by atoms with E-state index >= 15 is 0 Å². The molecule has 12 heteroatoms. The van der Waals surface area contributed by atoms with Crippen LogP contribution < -0.4 is 10.6 Å². The molecule has 3 amide bonds. The van der Waals surface area contributed by atoms with Gasteiger partial charge in [0.2, 0.25) is 15.9 Å². The first-order chi connectivity index (χ1) is 15.1. The fourth-order valence-electron chi connectivity index (χ4n) is 3.15. The van der Waals surface area contributed by atoms with Crippen LogP contribution in [0.4, 0.5) is 23.7 Å². The zero-order chi connectivity index (χ0) is 23.4. The van der Waals surface area contributed by atoms with Crippen LogP contribution in [0.2, 0.25) is 0 Å². The number of rotatable bonds is 5. The second-order valence-corrected chi connectivity index (χ2v) is 9.01. The zero-order valence-corrected chi connectivity index (χ0v) is 17.6. The van der Waals surface area contributed by atoms with Crippen LogP contribution in [0, 0.1) is 0 Å². The number of nitrogens with one attached hydrogen (secondary N) is 2. The molecule has 0 radical (unpaired) electrons. The smallest absolute Gasteiger partial charge is 0.308 e. The minimum Gasteiger partial charge on any atom is -0.308 e. The summed E-state index contributed by atoms with van der Waals surface area (Å²) in [6.45, 7) is 0.483. The summed E-state index contributed by atoms with van der Waals surface area (Å²) in [6, 6.07) is 11.2. The van der Waals surface area contributed by atoms with Gasteiger partial charge in [-0.3, -0.25) is 15.0 Å². The average Bonchev–Trinajstić information content (AvgIpc) is 2.74. The number of anilines is 1. The number of hydrogen-bond acceptors (Lipinski definition) is 5. The maximum Gasteiger partial charge on any atom is 0.416 e. The number of urea groups is 1. The van der Waals surface area contributed by atoms with Crippen molar-refractivity contribution in [1.82, 2.24) is 14.5 Å². The number of benzene rings is 2. The molecule has 0 atom stereocenters. The summed E-state index contributed by atoms with van der Waals surface area (Å²) in [5, 5.41) is 4.73. The van der Waals surface area contributed by atoms with Gasteiger partial charge in [-0.25, -0.2) is 13.2 Å². The van der Waals surface area contributed by atoms with Gasteiger partial charge in [0.05, 0.1) is 17.0 Å². The van der Waals surface area contributed by atoms with Gasteiger partial charge in [0, 0.05) is 31.9 Å². The first-order valence-electron chi connectivity index (χ1n) is 9.61. The van der Waals surface area contributed by atoms with Crippen molar-refractivity contribution in [2.45, 2.75) is 11.1 Å². The van der Waals surface area contributed by atoms with Crippen molar-refractivity contribution in [3.63, 3.8) is 0 Å². The molecular formula is C20H21F3N4O4S. The van der Waals surface area contributed by atoms with E-state index in [1.807, 2.05) is 0 Å². The normalized spacial score (nSPS) is 15.8. The van der Waals surface area contributed by atoms with Crippen molar-refractivity contribution in [2.24, 2.45) is 0 Å². The van der Waals surface area contributed by atoms with E-state index in [2.05, 4.69) is 10.6 Å². The molecule has 0 bridgehead atoms. The van der Waals surface area contributed by atoms with E-state index in [1.165, 1.54) is 0 Å². The molecule has 3 rings (SSSR count). The largest absolute Gasteiger partial charge is 0.416 e. The second kappa shape index (κ2) is 9.67. The van der Waals surface area contributed by atoms with Crippen LogP contribution in [0.25, 0.3) is 0 Å². The Morgan fingerprint density at radius 2 is 1.50 bits per heavy atom. The summed E-state index contributed by atoms with van der Waals surface area (Å²) in [4.78, 5) is 25.4. The van der Waals surface area contributed by atoms with Crippen LogP contribution in [0.15, 0.2) is 59.5 Å². The fraction of sp³-hybridized carbons (Fsp3) is 0.300. The van der Waals surface area contributed by atoms with E-state index in [4.69, 9.17) is 0 Å². The molecule has 1 saturated heterocycles. The summed E-state index contributed by atoms with van der Waals surface area (Å²) in [5.41, 5.74) is -0.400.